The molecule has 194 valence electrons. The van der Waals surface area contributed by atoms with Crippen molar-refractivity contribution in [2.75, 3.05) is 10.8 Å². The van der Waals surface area contributed by atoms with Crippen molar-refractivity contribution in [3.63, 3.8) is 0 Å². The lowest BCUT2D eigenvalue weighted by atomic mass is 10.0. The summed E-state index contributed by atoms with van der Waals surface area (Å²) in [5.41, 5.74) is 5.90. The van der Waals surface area contributed by atoms with Crippen molar-refractivity contribution in [3.8, 4) is 11.1 Å². The predicted molar refractivity (Wildman–Crippen MR) is 154 cm³/mol. The van der Waals surface area contributed by atoms with Crippen LogP contribution in [0.2, 0.25) is 0 Å². The van der Waals surface area contributed by atoms with Crippen molar-refractivity contribution in [2.24, 2.45) is 0 Å². The lowest BCUT2D eigenvalue weighted by Crippen LogP contribution is -2.27. The molecule has 0 aliphatic heterocycles. The molecule has 0 aliphatic carbocycles. The number of nitrogens with zero attached hydrogens (tertiary/aromatic N) is 1. The summed E-state index contributed by atoms with van der Waals surface area (Å²) in [5.74, 6) is -0.362. The SMILES string of the molecule is O=C(CCCCCCN(c1ccc(-c2ccc3cc[nH]c3c2)cc1)S(=O)c1ccc2ccccc2c1)NO. The number of rotatable bonds is 11. The van der Waals surface area contributed by atoms with Gasteiger partial charge in [0.15, 0.2) is 11.0 Å². The second-order valence-electron chi connectivity index (χ2n) is 9.39. The first-order valence-electron chi connectivity index (χ1n) is 12.9. The van der Waals surface area contributed by atoms with Gasteiger partial charge < -0.3 is 4.98 Å². The Kier molecular flexibility index (Phi) is 8.16. The van der Waals surface area contributed by atoms with E-state index in [2.05, 4.69) is 47.4 Å². The maximum atomic E-state index is 13.9. The number of nitrogens with one attached hydrogen (secondary N) is 2. The van der Waals surface area contributed by atoms with Crippen LogP contribution in [0.25, 0.3) is 32.8 Å². The summed E-state index contributed by atoms with van der Waals surface area (Å²) in [6.07, 6.45) is 5.56. The molecule has 0 bridgehead atoms. The third-order valence-corrected chi connectivity index (χ3v) is 8.26. The zero-order valence-electron chi connectivity index (χ0n) is 21.1. The van der Waals surface area contributed by atoms with E-state index in [9.17, 15) is 9.00 Å². The number of fused-ring (bicyclic) bond motifs is 2. The molecule has 0 spiro atoms. The topological polar surface area (TPSA) is 85.4 Å². The molecule has 0 aliphatic rings. The van der Waals surface area contributed by atoms with E-state index >= 15 is 0 Å². The Morgan fingerprint density at radius 1 is 0.789 bits per heavy atom. The van der Waals surface area contributed by atoms with Gasteiger partial charge in [-0.25, -0.2) is 9.69 Å². The van der Waals surface area contributed by atoms with Crippen molar-refractivity contribution >= 4 is 44.3 Å². The Morgan fingerprint density at radius 3 is 2.34 bits per heavy atom. The van der Waals surface area contributed by atoms with Gasteiger partial charge in [-0.3, -0.25) is 14.3 Å². The first kappa shape index (κ1) is 25.7. The minimum Gasteiger partial charge on any atom is -0.361 e. The van der Waals surface area contributed by atoms with Crippen LogP contribution in [0.5, 0.6) is 0 Å². The Balaban J connectivity index is 1.35. The molecule has 3 N–H and O–H groups in total. The second kappa shape index (κ2) is 12.1. The highest BCUT2D eigenvalue weighted by Gasteiger charge is 2.17. The Labute approximate surface area is 224 Å². The van der Waals surface area contributed by atoms with Crippen molar-refractivity contribution in [2.45, 2.75) is 37.0 Å². The third kappa shape index (κ3) is 5.96. The highest BCUT2D eigenvalue weighted by Crippen LogP contribution is 2.29. The summed E-state index contributed by atoms with van der Waals surface area (Å²) in [4.78, 5) is 15.3. The fourth-order valence-electron chi connectivity index (χ4n) is 4.71. The Bertz CT molecular complexity index is 1560. The zero-order chi connectivity index (χ0) is 26.3. The van der Waals surface area contributed by atoms with E-state index in [0.29, 0.717) is 19.4 Å². The number of hydroxylamine groups is 1. The van der Waals surface area contributed by atoms with Crippen molar-refractivity contribution < 1.29 is 14.2 Å². The first-order valence-corrected chi connectivity index (χ1v) is 14.0. The fraction of sp³-hybridized carbons (Fsp3) is 0.194. The number of amides is 1. The zero-order valence-corrected chi connectivity index (χ0v) is 21.9. The largest absolute Gasteiger partial charge is 0.361 e. The minimum absolute atomic E-state index is 0.305. The molecule has 0 saturated carbocycles. The van der Waals surface area contributed by atoms with Gasteiger partial charge in [-0.2, -0.15) is 0 Å². The van der Waals surface area contributed by atoms with Gasteiger partial charge in [0.2, 0.25) is 5.91 Å². The van der Waals surface area contributed by atoms with E-state index in [4.69, 9.17) is 5.21 Å². The standard InChI is InChI=1S/C31H31N3O3S/c35-31(33-36)9-3-1-2-6-20-34(38(37)29-17-14-23-7-4-5-8-26(23)21-29)28-15-12-24(13-16-28)27-11-10-25-18-19-32-30(25)22-27/h4-5,7-8,10-19,21-22,32,36H,1-3,6,9,20H2,(H,33,35). The van der Waals surface area contributed by atoms with Crippen LogP contribution in [0.15, 0.2) is 102 Å². The van der Waals surface area contributed by atoms with Crippen LogP contribution in [-0.2, 0) is 15.8 Å². The van der Waals surface area contributed by atoms with Crippen LogP contribution in [-0.4, -0.2) is 26.9 Å². The molecule has 5 aromatic rings. The molecule has 5 rings (SSSR count). The van der Waals surface area contributed by atoms with Crippen molar-refractivity contribution in [3.05, 3.63) is 97.2 Å². The number of anilines is 1. The van der Waals surface area contributed by atoms with Gasteiger partial charge in [0.1, 0.15) is 0 Å². The molecular formula is C31H31N3O3S. The summed E-state index contributed by atoms with van der Waals surface area (Å²) >= 11 is 0. The van der Waals surface area contributed by atoms with Gasteiger partial charge >= 0.3 is 0 Å². The van der Waals surface area contributed by atoms with E-state index in [1.807, 2.05) is 59.0 Å². The molecule has 0 radical (unpaired) electrons. The summed E-state index contributed by atoms with van der Waals surface area (Å²) in [7, 11) is -1.38. The summed E-state index contributed by atoms with van der Waals surface area (Å²) < 4.78 is 15.8. The maximum absolute atomic E-state index is 13.9. The van der Waals surface area contributed by atoms with E-state index in [0.717, 1.165) is 57.3 Å². The molecule has 4 aromatic carbocycles. The molecule has 0 fully saturated rings. The van der Waals surface area contributed by atoms with Crippen LogP contribution in [0.4, 0.5) is 5.69 Å². The highest BCUT2D eigenvalue weighted by atomic mass is 32.2. The molecule has 1 aromatic heterocycles. The number of hydrogen-bond donors (Lipinski definition) is 3. The van der Waals surface area contributed by atoms with Crippen LogP contribution < -0.4 is 9.79 Å². The van der Waals surface area contributed by atoms with Crippen LogP contribution in [0.3, 0.4) is 0 Å². The molecule has 7 heteroatoms. The number of benzene rings is 4. The normalized spacial score (nSPS) is 12.0. The first-order chi connectivity index (χ1) is 18.6. The molecule has 1 unspecified atom stereocenters. The number of carbonyl (C=O) groups excluding carboxylic acids is 1. The molecular weight excluding hydrogens is 494 g/mol. The molecule has 0 saturated heterocycles. The Morgan fingerprint density at radius 2 is 1.53 bits per heavy atom. The fourth-order valence-corrected chi connectivity index (χ4v) is 5.98. The highest BCUT2D eigenvalue weighted by molar-refractivity contribution is 7.86. The van der Waals surface area contributed by atoms with Gasteiger partial charge in [0.05, 0.1) is 4.90 Å². The van der Waals surface area contributed by atoms with E-state index in [1.165, 1.54) is 5.39 Å². The lowest BCUT2D eigenvalue weighted by Gasteiger charge is -2.24. The summed E-state index contributed by atoms with van der Waals surface area (Å²) in [5, 5.41) is 12.0. The van der Waals surface area contributed by atoms with Gasteiger partial charge in [0, 0.05) is 30.4 Å². The minimum atomic E-state index is -1.38. The van der Waals surface area contributed by atoms with Gasteiger partial charge in [-0.15, -0.1) is 0 Å². The molecule has 1 atom stereocenters. The quantitative estimate of drug-likeness (QED) is 0.0989. The average molecular weight is 526 g/mol. The van der Waals surface area contributed by atoms with Gasteiger partial charge in [-0.05, 0) is 76.5 Å². The lowest BCUT2D eigenvalue weighted by molar-refractivity contribution is -0.129. The van der Waals surface area contributed by atoms with Crippen LogP contribution in [0.1, 0.15) is 32.1 Å². The number of carbonyl (C=O) groups is 1. The smallest absolute Gasteiger partial charge is 0.243 e. The van der Waals surface area contributed by atoms with Crippen molar-refractivity contribution in [1.82, 2.24) is 10.5 Å². The molecule has 1 heterocycles. The number of hydrogen-bond acceptors (Lipinski definition) is 3. The monoisotopic (exact) mass is 525 g/mol. The molecule has 1 amide bonds. The number of aromatic amines is 1. The summed E-state index contributed by atoms with van der Waals surface area (Å²) in [6, 6.07) is 30.7. The van der Waals surface area contributed by atoms with Gasteiger partial charge in [-0.1, -0.05) is 67.4 Å². The van der Waals surface area contributed by atoms with Crippen LogP contribution in [0, 0.1) is 0 Å². The van der Waals surface area contributed by atoms with Crippen molar-refractivity contribution in [1.29, 1.82) is 0 Å². The Hall–Kier alpha value is -3.94. The van der Waals surface area contributed by atoms with Gasteiger partial charge in [0.25, 0.3) is 0 Å². The number of H-pyrrole nitrogens is 1. The molecule has 38 heavy (non-hydrogen) atoms. The van der Waals surface area contributed by atoms with E-state index in [-0.39, 0.29) is 5.91 Å². The second-order valence-corrected chi connectivity index (χ2v) is 10.8. The average Bonchev–Trinajstić information content (AvgIpc) is 3.44. The third-order valence-electron chi connectivity index (χ3n) is 6.81. The van der Waals surface area contributed by atoms with E-state index in [1.54, 1.807) is 5.48 Å². The summed E-state index contributed by atoms with van der Waals surface area (Å²) in [6.45, 7) is 0.624. The maximum Gasteiger partial charge on any atom is 0.243 e. The number of unbranched alkanes of at least 4 members (excludes halogenated alkanes) is 3. The van der Waals surface area contributed by atoms with E-state index < -0.39 is 11.0 Å². The molecule has 6 nitrogen and oxygen atoms in total. The van der Waals surface area contributed by atoms with Crippen LogP contribution >= 0.6 is 0 Å². The predicted octanol–water partition coefficient (Wildman–Crippen LogP) is 6.97. The number of aromatic nitrogens is 1.